The van der Waals surface area contributed by atoms with E-state index in [0.29, 0.717) is 11.7 Å². The first-order valence-electron chi connectivity index (χ1n) is 6.84. The maximum Gasteiger partial charge on any atom is 0.287 e. The SMILES string of the molecule is CC(C)n1ncc(NCC2CCCCN2)c(Cl)c1=O. The summed E-state index contributed by atoms with van der Waals surface area (Å²) in [6.45, 7) is 5.65. The van der Waals surface area contributed by atoms with Gasteiger partial charge in [-0.25, -0.2) is 4.68 Å². The molecule has 2 heterocycles. The molecule has 2 rings (SSSR count). The highest BCUT2D eigenvalue weighted by Crippen LogP contribution is 2.17. The van der Waals surface area contributed by atoms with Gasteiger partial charge in [-0.3, -0.25) is 4.79 Å². The van der Waals surface area contributed by atoms with Gasteiger partial charge in [0.05, 0.1) is 17.9 Å². The van der Waals surface area contributed by atoms with Crippen molar-refractivity contribution in [3.05, 3.63) is 21.6 Å². The Labute approximate surface area is 118 Å². The highest BCUT2D eigenvalue weighted by Gasteiger charge is 2.15. The van der Waals surface area contributed by atoms with E-state index in [1.165, 1.54) is 17.5 Å². The molecule has 1 fully saturated rings. The molecule has 1 aliphatic rings. The lowest BCUT2D eigenvalue weighted by Gasteiger charge is -2.24. The summed E-state index contributed by atoms with van der Waals surface area (Å²) in [5, 5.41) is 11.0. The van der Waals surface area contributed by atoms with Gasteiger partial charge in [-0.15, -0.1) is 0 Å². The highest BCUT2D eigenvalue weighted by molar-refractivity contribution is 6.32. The Bertz CT molecular complexity index is 480. The third kappa shape index (κ3) is 3.48. The van der Waals surface area contributed by atoms with Gasteiger partial charge in [-0.1, -0.05) is 18.0 Å². The quantitative estimate of drug-likeness (QED) is 0.888. The smallest absolute Gasteiger partial charge is 0.287 e. The van der Waals surface area contributed by atoms with Gasteiger partial charge in [0, 0.05) is 12.6 Å². The molecule has 1 saturated heterocycles. The zero-order chi connectivity index (χ0) is 13.8. The summed E-state index contributed by atoms with van der Waals surface area (Å²) in [7, 11) is 0. The second kappa shape index (κ2) is 6.39. The zero-order valence-corrected chi connectivity index (χ0v) is 12.2. The van der Waals surface area contributed by atoms with Crippen molar-refractivity contribution in [3.8, 4) is 0 Å². The van der Waals surface area contributed by atoms with Crippen LogP contribution in [0.4, 0.5) is 5.69 Å². The third-order valence-corrected chi connectivity index (χ3v) is 3.75. The van der Waals surface area contributed by atoms with Crippen molar-refractivity contribution in [1.29, 1.82) is 0 Å². The number of aromatic nitrogens is 2. The minimum absolute atomic E-state index is 0.0130. The molecule has 6 heteroatoms. The van der Waals surface area contributed by atoms with Crippen LogP contribution >= 0.6 is 11.6 Å². The van der Waals surface area contributed by atoms with Crippen molar-refractivity contribution < 1.29 is 0 Å². The van der Waals surface area contributed by atoms with E-state index in [9.17, 15) is 4.79 Å². The summed E-state index contributed by atoms with van der Waals surface area (Å²) in [5.74, 6) is 0. The van der Waals surface area contributed by atoms with Crippen molar-refractivity contribution in [2.45, 2.75) is 45.2 Å². The summed E-state index contributed by atoms with van der Waals surface area (Å²) in [6.07, 6.45) is 5.27. The van der Waals surface area contributed by atoms with Crippen molar-refractivity contribution >= 4 is 17.3 Å². The van der Waals surface area contributed by atoms with Crippen LogP contribution in [0.25, 0.3) is 0 Å². The number of piperidine rings is 1. The summed E-state index contributed by atoms with van der Waals surface area (Å²) in [5.41, 5.74) is 0.384. The van der Waals surface area contributed by atoms with Crippen LogP contribution in [0.1, 0.15) is 39.2 Å². The Morgan fingerprint density at radius 3 is 3.00 bits per heavy atom. The molecule has 0 radical (unpaired) electrons. The van der Waals surface area contributed by atoms with Crippen molar-refractivity contribution in [3.63, 3.8) is 0 Å². The molecule has 0 amide bonds. The standard InChI is InChI=1S/C13H21ClN4O/c1-9(2)18-13(19)12(14)11(8-17-18)16-7-10-5-3-4-6-15-10/h8-10,15-16H,3-7H2,1-2H3. The van der Waals surface area contributed by atoms with Crippen LogP contribution < -0.4 is 16.2 Å². The summed E-state index contributed by atoms with van der Waals surface area (Å²) >= 11 is 6.10. The molecule has 1 aliphatic heterocycles. The molecule has 0 aliphatic carbocycles. The number of nitrogens with zero attached hydrogens (tertiary/aromatic N) is 2. The Kier molecular flexibility index (Phi) is 4.82. The Morgan fingerprint density at radius 2 is 2.37 bits per heavy atom. The second-order valence-electron chi connectivity index (χ2n) is 5.24. The maximum atomic E-state index is 12.0. The largest absolute Gasteiger partial charge is 0.381 e. The third-order valence-electron chi connectivity index (χ3n) is 3.38. The number of halogens is 1. The number of nitrogens with one attached hydrogen (secondary N) is 2. The lowest BCUT2D eigenvalue weighted by atomic mass is 10.1. The van der Waals surface area contributed by atoms with Gasteiger partial charge >= 0.3 is 0 Å². The molecule has 106 valence electrons. The molecule has 2 N–H and O–H groups in total. The zero-order valence-electron chi connectivity index (χ0n) is 11.4. The van der Waals surface area contributed by atoms with Crippen LogP contribution in [0, 0.1) is 0 Å². The molecule has 5 nitrogen and oxygen atoms in total. The van der Waals surface area contributed by atoms with E-state index in [2.05, 4.69) is 15.7 Å². The fourth-order valence-electron chi connectivity index (χ4n) is 2.27. The first kappa shape index (κ1) is 14.3. The van der Waals surface area contributed by atoms with Gasteiger partial charge in [0.15, 0.2) is 0 Å². The molecule has 1 unspecified atom stereocenters. The number of anilines is 1. The van der Waals surface area contributed by atoms with E-state index in [0.717, 1.165) is 19.5 Å². The molecular formula is C13H21ClN4O. The molecule has 0 aromatic carbocycles. The predicted molar refractivity (Wildman–Crippen MR) is 78.0 cm³/mol. The first-order chi connectivity index (χ1) is 9.09. The van der Waals surface area contributed by atoms with Crippen LogP contribution in [0.5, 0.6) is 0 Å². The molecule has 0 saturated carbocycles. The van der Waals surface area contributed by atoms with Crippen LogP contribution in [0.15, 0.2) is 11.0 Å². The summed E-state index contributed by atoms with van der Waals surface area (Å²) < 4.78 is 1.40. The average molecular weight is 285 g/mol. The molecule has 19 heavy (non-hydrogen) atoms. The fraction of sp³-hybridized carbons (Fsp3) is 0.692. The van der Waals surface area contributed by atoms with Crippen LogP contribution in [-0.4, -0.2) is 28.9 Å². The number of hydrogen-bond donors (Lipinski definition) is 2. The molecule has 1 aromatic rings. The van der Waals surface area contributed by atoms with E-state index in [-0.39, 0.29) is 16.6 Å². The van der Waals surface area contributed by atoms with Crippen molar-refractivity contribution in [2.75, 3.05) is 18.4 Å². The van der Waals surface area contributed by atoms with Gasteiger partial charge < -0.3 is 10.6 Å². The van der Waals surface area contributed by atoms with Gasteiger partial charge in [0.25, 0.3) is 5.56 Å². The number of rotatable bonds is 4. The minimum Gasteiger partial charge on any atom is -0.381 e. The fourth-order valence-corrected chi connectivity index (χ4v) is 2.47. The monoisotopic (exact) mass is 284 g/mol. The highest BCUT2D eigenvalue weighted by atomic mass is 35.5. The Morgan fingerprint density at radius 1 is 1.58 bits per heavy atom. The molecule has 1 aromatic heterocycles. The molecule has 1 atom stereocenters. The van der Waals surface area contributed by atoms with E-state index in [4.69, 9.17) is 11.6 Å². The lowest BCUT2D eigenvalue weighted by Crippen LogP contribution is -2.39. The average Bonchev–Trinajstić information content (AvgIpc) is 2.41. The van der Waals surface area contributed by atoms with Crippen molar-refractivity contribution in [1.82, 2.24) is 15.1 Å². The predicted octanol–water partition coefficient (Wildman–Crippen LogP) is 2.03. The summed E-state index contributed by atoms with van der Waals surface area (Å²) in [6, 6.07) is 0.455. The number of hydrogen-bond acceptors (Lipinski definition) is 4. The van der Waals surface area contributed by atoms with Crippen LogP contribution in [0.3, 0.4) is 0 Å². The van der Waals surface area contributed by atoms with E-state index in [1.54, 1.807) is 6.20 Å². The summed E-state index contributed by atoms with van der Waals surface area (Å²) in [4.78, 5) is 12.0. The normalized spacial score (nSPS) is 19.7. The maximum absolute atomic E-state index is 12.0. The lowest BCUT2D eigenvalue weighted by molar-refractivity contribution is 0.414. The van der Waals surface area contributed by atoms with Crippen molar-refractivity contribution in [2.24, 2.45) is 0 Å². The van der Waals surface area contributed by atoms with E-state index < -0.39 is 0 Å². The Balaban J connectivity index is 2.04. The Hall–Kier alpha value is -1.07. The second-order valence-corrected chi connectivity index (χ2v) is 5.62. The molecule has 0 spiro atoms. The van der Waals surface area contributed by atoms with Gasteiger partial charge in [0.1, 0.15) is 5.02 Å². The first-order valence-corrected chi connectivity index (χ1v) is 7.22. The molecular weight excluding hydrogens is 264 g/mol. The van der Waals surface area contributed by atoms with E-state index in [1.807, 2.05) is 13.8 Å². The van der Waals surface area contributed by atoms with Crippen LogP contribution in [0.2, 0.25) is 5.02 Å². The van der Waals surface area contributed by atoms with Gasteiger partial charge in [-0.2, -0.15) is 5.10 Å². The van der Waals surface area contributed by atoms with E-state index >= 15 is 0 Å². The minimum atomic E-state index is -0.238. The van der Waals surface area contributed by atoms with Gasteiger partial charge in [-0.05, 0) is 33.2 Å². The molecule has 0 bridgehead atoms. The van der Waals surface area contributed by atoms with Crippen LogP contribution in [-0.2, 0) is 0 Å². The van der Waals surface area contributed by atoms with Gasteiger partial charge in [0.2, 0.25) is 0 Å². The topological polar surface area (TPSA) is 59.0 Å².